The lowest BCUT2D eigenvalue weighted by Gasteiger charge is -2.01. The van der Waals surface area contributed by atoms with Crippen molar-refractivity contribution < 1.29 is 13.2 Å². The molecule has 2 aromatic rings. The van der Waals surface area contributed by atoms with E-state index in [1.54, 1.807) is 0 Å². The van der Waals surface area contributed by atoms with Gasteiger partial charge in [-0.2, -0.15) is 13.2 Å². The maximum Gasteiger partial charge on any atom is 0.398 e. The zero-order valence-corrected chi connectivity index (χ0v) is 10.3. The van der Waals surface area contributed by atoms with Crippen molar-refractivity contribution in [3.8, 4) is 11.4 Å². The maximum absolute atomic E-state index is 12.0. The number of nitrogens with one attached hydrogen (secondary N) is 1. The Balaban J connectivity index is 2.08. The van der Waals surface area contributed by atoms with Gasteiger partial charge in [0.05, 0.1) is 5.75 Å². The van der Waals surface area contributed by atoms with Crippen LogP contribution in [-0.4, -0.2) is 27.1 Å². The summed E-state index contributed by atoms with van der Waals surface area (Å²) in [6, 6.07) is 7.49. The third-order valence-corrected chi connectivity index (χ3v) is 3.07. The van der Waals surface area contributed by atoms with E-state index in [0.29, 0.717) is 17.6 Å². The normalized spacial score (nSPS) is 11.8. The highest BCUT2D eigenvalue weighted by molar-refractivity contribution is 7.99. The zero-order valence-electron chi connectivity index (χ0n) is 9.45. The highest BCUT2D eigenvalue weighted by Crippen LogP contribution is 2.26. The fourth-order valence-electron chi connectivity index (χ4n) is 1.30. The van der Waals surface area contributed by atoms with Crippen LogP contribution in [0, 0.1) is 6.92 Å². The second-order valence-electron chi connectivity index (χ2n) is 3.74. The van der Waals surface area contributed by atoms with E-state index >= 15 is 0 Å². The molecule has 0 saturated carbocycles. The van der Waals surface area contributed by atoms with Gasteiger partial charge in [-0.1, -0.05) is 41.6 Å². The van der Waals surface area contributed by atoms with E-state index in [-0.39, 0.29) is 5.16 Å². The average molecular weight is 273 g/mol. The fourth-order valence-corrected chi connectivity index (χ4v) is 1.86. The minimum atomic E-state index is -4.21. The van der Waals surface area contributed by atoms with Crippen LogP contribution in [0.1, 0.15) is 5.56 Å². The van der Waals surface area contributed by atoms with Gasteiger partial charge in [0.2, 0.25) is 5.16 Å². The molecule has 0 amide bonds. The van der Waals surface area contributed by atoms with Crippen molar-refractivity contribution in [2.75, 3.05) is 5.75 Å². The lowest BCUT2D eigenvalue weighted by atomic mass is 10.1. The van der Waals surface area contributed by atoms with Crippen LogP contribution < -0.4 is 0 Å². The number of hydrogen-bond donors (Lipinski definition) is 1. The Hall–Kier alpha value is -1.50. The Kier molecular flexibility index (Phi) is 3.60. The van der Waals surface area contributed by atoms with Crippen LogP contribution in [-0.2, 0) is 0 Å². The van der Waals surface area contributed by atoms with Crippen molar-refractivity contribution in [1.29, 1.82) is 0 Å². The van der Waals surface area contributed by atoms with Gasteiger partial charge in [0.25, 0.3) is 0 Å². The molecular weight excluding hydrogens is 263 g/mol. The number of benzene rings is 1. The molecule has 1 heterocycles. The Morgan fingerprint density at radius 3 is 2.50 bits per heavy atom. The summed E-state index contributed by atoms with van der Waals surface area (Å²) in [4.78, 5) is 4.01. The second-order valence-corrected chi connectivity index (χ2v) is 4.68. The highest BCUT2D eigenvalue weighted by Gasteiger charge is 2.28. The van der Waals surface area contributed by atoms with Crippen molar-refractivity contribution in [3.63, 3.8) is 0 Å². The third-order valence-electron chi connectivity index (χ3n) is 2.15. The fraction of sp³-hybridized carbons (Fsp3) is 0.273. The average Bonchev–Trinajstić information content (AvgIpc) is 2.75. The Morgan fingerprint density at radius 1 is 1.22 bits per heavy atom. The van der Waals surface area contributed by atoms with Gasteiger partial charge in [0.1, 0.15) is 0 Å². The van der Waals surface area contributed by atoms with Crippen molar-refractivity contribution in [2.45, 2.75) is 18.3 Å². The summed E-state index contributed by atoms with van der Waals surface area (Å²) in [5.74, 6) is -0.516. The molecule has 0 saturated heterocycles. The van der Waals surface area contributed by atoms with E-state index in [2.05, 4.69) is 15.2 Å². The van der Waals surface area contributed by atoms with Crippen molar-refractivity contribution in [2.24, 2.45) is 0 Å². The summed E-state index contributed by atoms with van der Waals surface area (Å²) in [5, 5.41) is 6.47. The van der Waals surface area contributed by atoms with Crippen LogP contribution >= 0.6 is 11.8 Å². The molecule has 1 aromatic carbocycles. The first-order valence-corrected chi connectivity index (χ1v) is 6.11. The number of halogens is 3. The summed E-state index contributed by atoms with van der Waals surface area (Å²) in [7, 11) is 0. The van der Waals surface area contributed by atoms with Crippen molar-refractivity contribution in [3.05, 3.63) is 29.8 Å². The lowest BCUT2D eigenvalue weighted by Crippen LogP contribution is -2.10. The van der Waals surface area contributed by atoms with E-state index in [0.717, 1.165) is 11.1 Å². The number of hydrogen-bond acceptors (Lipinski definition) is 3. The molecule has 0 aliphatic rings. The van der Waals surface area contributed by atoms with E-state index < -0.39 is 11.9 Å². The van der Waals surface area contributed by atoms with E-state index in [1.165, 1.54) is 0 Å². The van der Waals surface area contributed by atoms with E-state index in [9.17, 15) is 13.2 Å². The van der Waals surface area contributed by atoms with Gasteiger partial charge in [-0.25, -0.2) is 4.98 Å². The molecule has 0 aliphatic heterocycles. The molecule has 7 heteroatoms. The van der Waals surface area contributed by atoms with E-state index in [1.807, 2.05) is 31.2 Å². The van der Waals surface area contributed by atoms with Crippen LogP contribution in [0.2, 0.25) is 0 Å². The number of alkyl halides is 3. The second kappa shape index (κ2) is 5.01. The Morgan fingerprint density at radius 2 is 1.89 bits per heavy atom. The predicted octanol–water partition coefficient (Wildman–Crippen LogP) is 3.43. The van der Waals surface area contributed by atoms with Gasteiger partial charge >= 0.3 is 6.18 Å². The minimum absolute atomic E-state index is 0.0999. The van der Waals surface area contributed by atoms with Gasteiger partial charge in [-0.15, -0.1) is 5.10 Å². The van der Waals surface area contributed by atoms with Gasteiger partial charge in [0, 0.05) is 5.56 Å². The highest BCUT2D eigenvalue weighted by atomic mass is 32.2. The van der Waals surface area contributed by atoms with E-state index in [4.69, 9.17) is 0 Å². The number of aromatic nitrogens is 3. The van der Waals surface area contributed by atoms with Gasteiger partial charge < -0.3 is 0 Å². The smallest absolute Gasteiger partial charge is 0.258 e. The van der Waals surface area contributed by atoms with Crippen LogP contribution in [0.4, 0.5) is 13.2 Å². The van der Waals surface area contributed by atoms with Crippen molar-refractivity contribution in [1.82, 2.24) is 15.2 Å². The molecule has 0 atom stereocenters. The first-order valence-electron chi connectivity index (χ1n) is 5.13. The van der Waals surface area contributed by atoms with Gasteiger partial charge in [-0.3, -0.25) is 5.10 Å². The monoisotopic (exact) mass is 273 g/mol. The standard InChI is InChI=1S/C11H10F3N3S/c1-7-2-4-8(5-3-7)9-15-10(17-16-9)18-6-11(12,13)14/h2-5H,6H2,1H3,(H,15,16,17). The summed E-state index contributed by atoms with van der Waals surface area (Å²) in [6.45, 7) is 1.95. The maximum atomic E-state index is 12.0. The van der Waals surface area contributed by atoms with Crippen LogP contribution in [0.5, 0.6) is 0 Å². The lowest BCUT2D eigenvalue weighted by molar-refractivity contribution is -0.105. The topological polar surface area (TPSA) is 41.6 Å². The Labute approximate surface area is 106 Å². The molecular formula is C11H10F3N3S. The number of nitrogens with zero attached hydrogens (tertiary/aromatic N) is 2. The number of aryl methyl sites for hydroxylation is 1. The molecule has 0 radical (unpaired) electrons. The number of rotatable bonds is 3. The number of aromatic amines is 1. The molecule has 2 rings (SSSR count). The predicted molar refractivity (Wildman–Crippen MR) is 63.3 cm³/mol. The zero-order chi connectivity index (χ0) is 13.2. The quantitative estimate of drug-likeness (QED) is 0.871. The third kappa shape index (κ3) is 3.49. The molecule has 96 valence electrons. The first kappa shape index (κ1) is 12.9. The summed E-state index contributed by atoms with van der Waals surface area (Å²) >= 11 is 0.568. The molecule has 0 unspecified atom stereocenters. The van der Waals surface area contributed by atoms with Gasteiger partial charge in [0.15, 0.2) is 5.82 Å². The molecule has 0 fully saturated rings. The van der Waals surface area contributed by atoms with Crippen molar-refractivity contribution >= 4 is 11.8 Å². The van der Waals surface area contributed by atoms with Crippen LogP contribution in [0.15, 0.2) is 29.4 Å². The summed E-state index contributed by atoms with van der Waals surface area (Å²) < 4.78 is 36.1. The Bertz CT molecular complexity index is 519. The molecule has 0 aliphatic carbocycles. The minimum Gasteiger partial charge on any atom is -0.258 e. The van der Waals surface area contributed by atoms with Gasteiger partial charge in [-0.05, 0) is 6.92 Å². The SMILES string of the molecule is Cc1ccc(-c2nc(SCC(F)(F)F)n[nH]2)cc1. The molecule has 1 N–H and O–H groups in total. The molecule has 0 spiro atoms. The van der Waals surface area contributed by atoms with Crippen LogP contribution in [0.3, 0.4) is 0 Å². The summed E-state index contributed by atoms with van der Waals surface area (Å²) in [6.07, 6.45) is -4.21. The van der Waals surface area contributed by atoms with Crippen LogP contribution in [0.25, 0.3) is 11.4 Å². The first-order chi connectivity index (χ1) is 8.44. The molecule has 1 aromatic heterocycles. The number of H-pyrrole nitrogens is 1. The largest absolute Gasteiger partial charge is 0.398 e. The molecule has 3 nitrogen and oxygen atoms in total. The number of thioether (sulfide) groups is 1. The summed E-state index contributed by atoms with van der Waals surface area (Å²) in [5.41, 5.74) is 1.90. The molecule has 18 heavy (non-hydrogen) atoms. The molecule has 0 bridgehead atoms.